The molecule has 1 rings (SSSR count). The summed E-state index contributed by atoms with van der Waals surface area (Å²) in [5.74, 6) is -0.350. The number of amides is 1. The highest BCUT2D eigenvalue weighted by molar-refractivity contribution is 6.30. The minimum Gasteiger partial charge on any atom is -0.372 e. The highest BCUT2D eigenvalue weighted by atomic mass is 35.5. The molecule has 1 aromatic carbocycles. The van der Waals surface area contributed by atoms with Crippen molar-refractivity contribution in [2.45, 2.75) is 6.92 Å². The monoisotopic (exact) mass is 189 g/mol. The quantitative estimate of drug-likeness (QED) is 0.623. The molecule has 0 saturated carbocycles. The number of hydrogen-bond donors (Lipinski definition) is 1. The van der Waals surface area contributed by atoms with Crippen LogP contribution in [0.4, 0.5) is 4.39 Å². The Morgan fingerprint density at radius 2 is 2.08 bits per heavy atom. The van der Waals surface area contributed by atoms with Crippen molar-refractivity contribution in [2.75, 3.05) is 0 Å². The van der Waals surface area contributed by atoms with Gasteiger partial charge < -0.3 is 5.73 Å². The number of rotatable bonds is 0. The lowest BCUT2D eigenvalue weighted by atomic mass is 10.2. The summed E-state index contributed by atoms with van der Waals surface area (Å²) >= 11 is 5.41. The first-order valence-electron chi connectivity index (χ1n) is 3.19. The lowest BCUT2D eigenvalue weighted by molar-refractivity contribution is -0.106. The van der Waals surface area contributed by atoms with Gasteiger partial charge in [0, 0.05) is 0 Å². The maximum atomic E-state index is 12.4. The van der Waals surface area contributed by atoms with Gasteiger partial charge in [0.1, 0.15) is 5.82 Å². The Kier molecular flexibility index (Phi) is 5.04. The van der Waals surface area contributed by atoms with Gasteiger partial charge in [-0.25, -0.2) is 4.39 Å². The lowest BCUT2D eigenvalue weighted by Gasteiger charge is -1.92. The van der Waals surface area contributed by atoms with E-state index in [1.807, 2.05) is 6.92 Å². The highest BCUT2D eigenvalue weighted by Gasteiger charge is 1.95. The average molecular weight is 190 g/mol. The van der Waals surface area contributed by atoms with E-state index in [-0.39, 0.29) is 17.2 Å². The molecule has 0 aliphatic rings. The fourth-order valence-corrected chi connectivity index (χ4v) is 0.719. The summed E-state index contributed by atoms with van der Waals surface area (Å²) in [6.07, 6.45) is 0.250. The maximum Gasteiger partial charge on any atom is 0.204 e. The molecule has 1 aromatic rings. The normalized spacial score (nSPS) is 8.25. The number of nitrogens with two attached hydrogens (primary N) is 1. The molecule has 2 nitrogen and oxygen atoms in total. The summed E-state index contributed by atoms with van der Waals surface area (Å²) in [7, 11) is 0. The van der Waals surface area contributed by atoms with Gasteiger partial charge in [0.2, 0.25) is 6.41 Å². The Labute approximate surface area is 75.1 Å². The molecule has 0 atom stereocenters. The third-order valence-corrected chi connectivity index (χ3v) is 1.38. The molecule has 2 N–H and O–H groups in total. The van der Waals surface area contributed by atoms with Crippen LogP contribution in [0.2, 0.25) is 5.02 Å². The molecule has 0 radical (unpaired) electrons. The fraction of sp³-hybridized carbons (Fsp3) is 0.125. The van der Waals surface area contributed by atoms with Gasteiger partial charge in [0.05, 0.1) is 5.02 Å². The molecule has 12 heavy (non-hydrogen) atoms. The predicted octanol–water partition coefficient (Wildman–Crippen LogP) is 1.89. The van der Waals surface area contributed by atoms with Crippen molar-refractivity contribution in [1.29, 1.82) is 0 Å². The van der Waals surface area contributed by atoms with E-state index in [0.717, 1.165) is 5.56 Å². The van der Waals surface area contributed by atoms with Crippen molar-refractivity contribution in [2.24, 2.45) is 5.73 Å². The van der Waals surface area contributed by atoms with Crippen LogP contribution in [-0.2, 0) is 4.79 Å². The van der Waals surface area contributed by atoms with Gasteiger partial charge in [-0.05, 0) is 24.6 Å². The molecular formula is C8H9ClFNO. The molecule has 0 heterocycles. The van der Waals surface area contributed by atoms with Crippen LogP contribution in [0.15, 0.2) is 18.2 Å². The molecule has 0 spiro atoms. The number of carbonyl (C=O) groups excluding carboxylic acids is 1. The van der Waals surface area contributed by atoms with Gasteiger partial charge in [-0.1, -0.05) is 17.7 Å². The SMILES string of the molecule is Cc1ccc(Cl)c(F)c1.NC=O. The van der Waals surface area contributed by atoms with Crippen LogP contribution in [-0.4, -0.2) is 6.41 Å². The minimum absolute atomic E-state index is 0.181. The van der Waals surface area contributed by atoms with Crippen LogP contribution in [0, 0.1) is 12.7 Å². The van der Waals surface area contributed by atoms with Crippen molar-refractivity contribution in [1.82, 2.24) is 0 Å². The second kappa shape index (κ2) is 5.55. The molecule has 66 valence electrons. The van der Waals surface area contributed by atoms with Crippen molar-refractivity contribution in [3.8, 4) is 0 Å². The van der Waals surface area contributed by atoms with Crippen molar-refractivity contribution < 1.29 is 9.18 Å². The van der Waals surface area contributed by atoms with E-state index in [1.54, 1.807) is 12.1 Å². The molecule has 0 saturated heterocycles. The van der Waals surface area contributed by atoms with Crippen LogP contribution in [0.5, 0.6) is 0 Å². The van der Waals surface area contributed by atoms with Crippen LogP contribution < -0.4 is 5.73 Å². The zero-order valence-electron chi connectivity index (χ0n) is 6.55. The van der Waals surface area contributed by atoms with E-state index in [4.69, 9.17) is 16.4 Å². The molecule has 0 bridgehead atoms. The van der Waals surface area contributed by atoms with E-state index >= 15 is 0 Å². The number of benzene rings is 1. The molecule has 0 aliphatic carbocycles. The molecule has 0 unspecified atom stereocenters. The Bertz CT molecular complexity index is 265. The van der Waals surface area contributed by atoms with Crippen LogP contribution in [0.25, 0.3) is 0 Å². The average Bonchev–Trinajstić information content (AvgIpc) is 1.99. The van der Waals surface area contributed by atoms with E-state index in [2.05, 4.69) is 5.73 Å². The highest BCUT2D eigenvalue weighted by Crippen LogP contribution is 2.14. The summed E-state index contributed by atoms with van der Waals surface area (Å²) in [6.45, 7) is 1.82. The summed E-state index contributed by atoms with van der Waals surface area (Å²) in [5, 5.41) is 0.181. The van der Waals surface area contributed by atoms with Crippen molar-refractivity contribution in [3.63, 3.8) is 0 Å². The van der Waals surface area contributed by atoms with Gasteiger partial charge in [-0.2, -0.15) is 0 Å². The molecular weight excluding hydrogens is 181 g/mol. The van der Waals surface area contributed by atoms with Gasteiger partial charge >= 0.3 is 0 Å². The molecule has 4 heteroatoms. The smallest absolute Gasteiger partial charge is 0.204 e. The largest absolute Gasteiger partial charge is 0.372 e. The van der Waals surface area contributed by atoms with E-state index in [1.165, 1.54) is 6.07 Å². The number of carbonyl (C=O) groups is 1. The van der Waals surface area contributed by atoms with Crippen LogP contribution >= 0.6 is 11.6 Å². The zero-order chi connectivity index (χ0) is 9.56. The van der Waals surface area contributed by atoms with Crippen LogP contribution in [0.1, 0.15) is 5.56 Å². The van der Waals surface area contributed by atoms with E-state index in [9.17, 15) is 4.39 Å². The summed E-state index contributed by atoms with van der Waals surface area (Å²) in [5.41, 5.74) is 5.05. The van der Waals surface area contributed by atoms with Crippen molar-refractivity contribution >= 4 is 18.0 Å². The second-order valence-corrected chi connectivity index (χ2v) is 2.46. The van der Waals surface area contributed by atoms with Gasteiger partial charge in [0.25, 0.3) is 0 Å². The Morgan fingerprint density at radius 3 is 2.42 bits per heavy atom. The Hall–Kier alpha value is -1.09. The zero-order valence-corrected chi connectivity index (χ0v) is 7.31. The Balaban J connectivity index is 0.000000354. The minimum atomic E-state index is -0.350. The fourth-order valence-electron chi connectivity index (χ4n) is 0.601. The number of primary amides is 1. The summed E-state index contributed by atoms with van der Waals surface area (Å²) < 4.78 is 12.4. The number of halogens is 2. The van der Waals surface area contributed by atoms with E-state index in [0.29, 0.717) is 0 Å². The second-order valence-electron chi connectivity index (χ2n) is 2.05. The first kappa shape index (κ1) is 10.9. The van der Waals surface area contributed by atoms with Crippen molar-refractivity contribution in [3.05, 3.63) is 34.6 Å². The maximum absolute atomic E-state index is 12.4. The lowest BCUT2D eigenvalue weighted by Crippen LogP contribution is -1.82. The first-order chi connectivity index (χ1) is 5.61. The van der Waals surface area contributed by atoms with Crippen LogP contribution in [0.3, 0.4) is 0 Å². The third-order valence-electron chi connectivity index (χ3n) is 1.08. The molecule has 0 aromatic heterocycles. The van der Waals surface area contributed by atoms with Gasteiger partial charge in [0.15, 0.2) is 0 Å². The molecule has 1 amide bonds. The number of hydrogen-bond acceptors (Lipinski definition) is 1. The Morgan fingerprint density at radius 1 is 1.58 bits per heavy atom. The molecule has 0 aliphatic heterocycles. The third kappa shape index (κ3) is 3.93. The topological polar surface area (TPSA) is 43.1 Å². The summed E-state index contributed by atoms with van der Waals surface area (Å²) in [4.78, 5) is 8.58. The first-order valence-corrected chi connectivity index (χ1v) is 3.56. The standard InChI is InChI=1S/C7H6ClF.CH3NO/c1-5-2-3-6(8)7(9)4-5;2-1-3/h2-4H,1H3;1H,(H2,2,3). The summed E-state index contributed by atoms with van der Waals surface area (Å²) in [6, 6.07) is 4.72. The van der Waals surface area contributed by atoms with Gasteiger partial charge in [-0.3, -0.25) is 4.79 Å². The molecule has 0 fully saturated rings. The number of aryl methyl sites for hydroxylation is 1. The predicted molar refractivity (Wildman–Crippen MR) is 46.4 cm³/mol. The van der Waals surface area contributed by atoms with E-state index < -0.39 is 0 Å². The van der Waals surface area contributed by atoms with Gasteiger partial charge in [-0.15, -0.1) is 0 Å².